The van der Waals surface area contributed by atoms with Crippen LogP contribution in [0.1, 0.15) is 27.2 Å². The summed E-state index contributed by atoms with van der Waals surface area (Å²) < 4.78 is 10.4. The predicted molar refractivity (Wildman–Crippen MR) is 100 cm³/mol. The topological polar surface area (TPSA) is 95.5 Å². The van der Waals surface area contributed by atoms with E-state index in [1.165, 1.54) is 4.90 Å². The quantitative estimate of drug-likeness (QED) is 0.395. The summed E-state index contributed by atoms with van der Waals surface area (Å²) in [5, 5.41) is 6.41. The second-order valence-electron chi connectivity index (χ2n) is 7.43. The smallest absolute Gasteiger partial charge is 0.410 e. The van der Waals surface area contributed by atoms with E-state index >= 15 is 0 Å². The average molecular weight is 371 g/mol. The van der Waals surface area contributed by atoms with Crippen LogP contribution in [-0.2, 0) is 14.3 Å². The minimum absolute atomic E-state index is 0.0470. The van der Waals surface area contributed by atoms with Gasteiger partial charge in [-0.25, -0.2) is 9.79 Å². The van der Waals surface area contributed by atoms with E-state index in [1.807, 2.05) is 20.8 Å². The van der Waals surface area contributed by atoms with Crippen LogP contribution in [0.5, 0.6) is 0 Å². The fourth-order valence-corrected chi connectivity index (χ4v) is 2.28. The van der Waals surface area contributed by atoms with Crippen LogP contribution in [0.25, 0.3) is 0 Å². The Labute approximate surface area is 156 Å². The average Bonchev–Trinajstić information content (AvgIpc) is 2.99. The molecule has 0 saturated carbocycles. The van der Waals surface area contributed by atoms with Gasteiger partial charge in [-0.15, -0.1) is 0 Å². The van der Waals surface area contributed by atoms with Gasteiger partial charge in [0, 0.05) is 46.9 Å². The van der Waals surface area contributed by atoms with Crippen LogP contribution in [-0.4, -0.2) is 93.4 Å². The van der Waals surface area contributed by atoms with Crippen molar-refractivity contribution in [2.75, 3.05) is 54.0 Å². The van der Waals surface area contributed by atoms with Gasteiger partial charge in [-0.3, -0.25) is 4.79 Å². The van der Waals surface area contributed by atoms with E-state index in [0.717, 1.165) is 6.42 Å². The van der Waals surface area contributed by atoms with Crippen molar-refractivity contribution in [3.8, 4) is 0 Å². The van der Waals surface area contributed by atoms with Crippen molar-refractivity contribution < 1.29 is 19.1 Å². The van der Waals surface area contributed by atoms with E-state index in [1.54, 1.807) is 26.1 Å². The number of likely N-dealkylation sites (tertiary alicyclic amines) is 1. The van der Waals surface area contributed by atoms with Crippen molar-refractivity contribution >= 4 is 18.0 Å². The highest BCUT2D eigenvalue weighted by Gasteiger charge is 2.30. The molecular weight excluding hydrogens is 338 g/mol. The van der Waals surface area contributed by atoms with Crippen molar-refractivity contribution in [1.82, 2.24) is 20.4 Å². The maximum atomic E-state index is 12.2. The fourth-order valence-electron chi connectivity index (χ4n) is 2.28. The molecule has 0 aromatic rings. The number of nitrogens with zero attached hydrogens (tertiary/aromatic N) is 3. The monoisotopic (exact) mass is 371 g/mol. The summed E-state index contributed by atoms with van der Waals surface area (Å²) in [4.78, 5) is 31.4. The third kappa shape index (κ3) is 8.37. The van der Waals surface area contributed by atoms with Crippen LogP contribution in [0.15, 0.2) is 4.99 Å². The molecule has 9 heteroatoms. The van der Waals surface area contributed by atoms with E-state index in [2.05, 4.69) is 15.6 Å². The molecule has 1 atom stereocenters. The maximum Gasteiger partial charge on any atom is 0.410 e. The summed E-state index contributed by atoms with van der Waals surface area (Å²) in [5.41, 5.74) is -0.510. The Bertz CT molecular complexity index is 502. The Kier molecular flexibility index (Phi) is 8.64. The summed E-state index contributed by atoms with van der Waals surface area (Å²) in [6.07, 6.45) is 0.474. The summed E-state index contributed by atoms with van der Waals surface area (Å²) >= 11 is 0. The number of rotatable bonds is 6. The number of methoxy groups -OCH3 is 1. The molecule has 1 saturated heterocycles. The number of amides is 2. The molecule has 2 amide bonds. The van der Waals surface area contributed by atoms with Crippen molar-refractivity contribution in [2.24, 2.45) is 4.99 Å². The fraction of sp³-hybridized carbons (Fsp3) is 0.824. The lowest BCUT2D eigenvalue weighted by Crippen LogP contribution is -2.46. The molecular formula is C17H33N5O4. The first-order valence-electron chi connectivity index (χ1n) is 8.84. The standard InChI is InChI=1S/C17H33N5O4/c1-17(2,3)26-16(24)22-9-7-13(12-22)20-15(18-8-10-25-6)19-11-14(23)21(4)5/h13H,7-12H2,1-6H3,(H2,18,19,20). The molecule has 26 heavy (non-hydrogen) atoms. The zero-order valence-corrected chi connectivity index (χ0v) is 16.8. The van der Waals surface area contributed by atoms with Gasteiger partial charge < -0.3 is 29.9 Å². The molecule has 1 aliphatic heterocycles. The third-order valence-electron chi connectivity index (χ3n) is 3.65. The molecule has 0 aromatic heterocycles. The third-order valence-corrected chi connectivity index (χ3v) is 3.65. The maximum absolute atomic E-state index is 12.2. The van der Waals surface area contributed by atoms with Gasteiger partial charge in [0.1, 0.15) is 12.1 Å². The lowest BCUT2D eigenvalue weighted by molar-refractivity contribution is -0.127. The first-order chi connectivity index (χ1) is 12.1. The minimum atomic E-state index is -0.510. The van der Waals surface area contributed by atoms with Gasteiger partial charge in [0.25, 0.3) is 0 Å². The van der Waals surface area contributed by atoms with Gasteiger partial charge in [-0.2, -0.15) is 0 Å². The number of likely N-dealkylation sites (N-methyl/N-ethyl adjacent to an activating group) is 1. The normalized spacial score (nSPS) is 17.8. The Morgan fingerprint density at radius 2 is 2.00 bits per heavy atom. The van der Waals surface area contributed by atoms with Crippen LogP contribution in [0, 0.1) is 0 Å². The SMILES string of the molecule is COCCNC(=NCC(=O)N(C)C)NC1CCN(C(=O)OC(C)(C)C)C1. The van der Waals surface area contributed by atoms with Crippen LogP contribution in [0.2, 0.25) is 0 Å². The molecule has 0 aliphatic carbocycles. The molecule has 0 aromatic carbocycles. The van der Waals surface area contributed by atoms with Crippen molar-refractivity contribution in [3.05, 3.63) is 0 Å². The van der Waals surface area contributed by atoms with Crippen LogP contribution in [0.4, 0.5) is 4.79 Å². The first kappa shape index (κ1) is 22.0. The highest BCUT2D eigenvalue weighted by atomic mass is 16.6. The number of ether oxygens (including phenoxy) is 2. The van der Waals surface area contributed by atoms with Crippen LogP contribution in [0.3, 0.4) is 0 Å². The number of aliphatic imine (C=N–C) groups is 1. The number of carbonyl (C=O) groups excluding carboxylic acids is 2. The molecule has 1 fully saturated rings. The number of hydrogen-bond acceptors (Lipinski definition) is 5. The zero-order chi connectivity index (χ0) is 19.7. The Hall–Kier alpha value is -2.03. The number of guanidine groups is 1. The van der Waals surface area contributed by atoms with Gasteiger partial charge in [-0.05, 0) is 27.2 Å². The van der Waals surface area contributed by atoms with Crippen molar-refractivity contribution in [2.45, 2.75) is 38.8 Å². The molecule has 1 heterocycles. The molecule has 1 aliphatic rings. The number of carbonyl (C=O) groups is 2. The summed E-state index contributed by atoms with van der Waals surface area (Å²) in [7, 11) is 5.01. The van der Waals surface area contributed by atoms with Crippen molar-refractivity contribution in [3.63, 3.8) is 0 Å². The van der Waals surface area contributed by atoms with E-state index in [4.69, 9.17) is 9.47 Å². The summed E-state index contributed by atoms with van der Waals surface area (Å²) in [5.74, 6) is 0.452. The molecule has 9 nitrogen and oxygen atoms in total. The van der Waals surface area contributed by atoms with Gasteiger partial charge in [0.2, 0.25) is 5.91 Å². The molecule has 2 N–H and O–H groups in total. The number of nitrogens with one attached hydrogen (secondary N) is 2. The predicted octanol–water partition coefficient (Wildman–Crippen LogP) is 0.266. The van der Waals surface area contributed by atoms with Crippen molar-refractivity contribution in [1.29, 1.82) is 0 Å². The van der Waals surface area contributed by atoms with E-state index in [9.17, 15) is 9.59 Å². The highest BCUT2D eigenvalue weighted by Crippen LogP contribution is 2.15. The summed E-state index contributed by atoms with van der Waals surface area (Å²) in [6.45, 7) is 7.85. The Morgan fingerprint density at radius 3 is 2.58 bits per heavy atom. The van der Waals surface area contributed by atoms with E-state index in [0.29, 0.717) is 32.2 Å². The van der Waals surface area contributed by atoms with Gasteiger partial charge >= 0.3 is 6.09 Å². The second-order valence-corrected chi connectivity index (χ2v) is 7.43. The zero-order valence-electron chi connectivity index (χ0n) is 16.8. The summed E-state index contributed by atoms with van der Waals surface area (Å²) in [6, 6.07) is 0.0470. The number of hydrogen-bond donors (Lipinski definition) is 2. The Morgan fingerprint density at radius 1 is 1.31 bits per heavy atom. The van der Waals surface area contributed by atoms with Gasteiger partial charge in [-0.1, -0.05) is 0 Å². The highest BCUT2D eigenvalue weighted by molar-refractivity contribution is 5.85. The molecule has 150 valence electrons. The van der Waals surface area contributed by atoms with E-state index in [-0.39, 0.29) is 24.6 Å². The molecule has 1 rings (SSSR count). The van der Waals surface area contributed by atoms with E-state index < -0.39 is 5.60 Å². The second kappa shape index (κ2) is 10.2. The first-order valence-corrected chi connectivity index (χ1v) is 8.84. The van der Waals surface area contributed by atoms with Gasteiger partial charge in [0.05, 0.1) is 6.61 Å². The minimum Gasteiger partial charge on any atom is -0.444 e. The molecule has 0 bridgehead atoms. The lowest BCUT2D eigenvalue weighted by atomic mass is 10.2. The van der Waals surface area contributed by atoms with Gasteiger partial charge in [0.15, 0.2) is 5.96 Å². The molecule has 0 spiro atoms. The van der Waals surface area contributed by atoms with Crippen LogP contribution < -0.4 is 10.6 Å². The molecule has 1 unspecified atom stereocenters. The Balaban J connectivity index is 2.60. The largest absolute Gasteiger partial charge is 0.444 e. The van der Waals surface area contributed by atoms with Crippen LogP contribution >= 0.6 is 0 Å². The lowest BCUT2D eigenvalue weighted by Gasteiger charge is -2.24. The molecule has 0 radical (unpaired) electrons.